The van der Waals surface area contributed by atoms with Crippen LogP contribution in [0.25, 0.3) is 0 Å². The van der Waals surface area contributed by atoms with Crippen LogP contribution in [-0.4, -0.2) is 22.5 Å². The van der Waals surface area contributed by atoms with Gasteiger partial charge in [0.2, 0.25) is 0 Å². The van der Waals surface area contributed by atoms with Crippen molar-refractivity contribution in [1.29, 1.82) is 0 Å². The van der Waals surface area contributed by atoms with Crippen LogP contribution in [0.15, 0.2) is 47.8 Å². The maximum atomic E-state index is 6.02. The third-order valence-electron chi connectivity index (χ3n) is 3.96. The Labute approximate surface area is 135 Å². The number of thiophene rings is 1. The van der Waals surface area contributed by atoms with E-state index in [1.807, 2.05) is 17.4 Å². The summed E-state index contributed by atoms with van der Waals surface area (Å²) < 4.78 is 0. The van der Waals surface area contributed by atoms with Gasteiger partial charge in [0.15, 0.2) is 0 Å². The van der Waals surface area contributed by atoms with Gasteiger partial charge in [-0.15, -0.1) is 11.3 Å². The first-order valence-electron chi connectivity index (χ1n) is 7.34. The molecule has 1 aliphatic rings. The lowest BCUT2D eigenvalue weighted by molar-refractivity contribution is 0.254. The lowest BCUT2D eigenvalue weighted by Gasteiger charge is -2.27. The van der Waals surface area contributed by atoms with Crippen molar-refractivity contribution in [3.05, 3.63) is 58.3 Å². The van der Waals surface area contributed by atoms with Crippen LogP contribution >= 0.6 is 23.6 Å². The Morgan fingerprint density at radius 3 is 2.57 bits per heavy atom. The van der Waals surface area contributed by atoms with Gasteiger partial charge in [0.1, 0.15) is 0 Å². The second-order valence-electron chi connectivity index (χ2n) is 5.61. The Morgan fingerprint density at radius 2 is 2.00 bits per heavy atom. The zero-order valence-electron chi connectivity index (χ0n) is 11.9. The zero-order chi connectivity index (χ0) is 14.7. The number of hydrogen-bond acceptors (Lipinski definition) is 3. The Kier molecular flexibility index (Phi) is 4.68. The summed E-state index contributed by atoms with van der Waals surface area (Å²) in [6, 6.07) is 15.4. The molecule has 1 unspecified atom stereocenters. The van der Waals surface area contributed by atoms with Crippen molar-refractivity contribution in [1.82, 2.24) is 4.90 Å². The van der Waals surface area contributed by atoms with Gasteiger partial charge in [0, 0.05) is 29.9 Å². The number of rotatable bonds is 7. The molecule has 0 bridgehead atoms. The van der Waals surface area contributed by atoms with E-state index in [9.17, 15) is 0 Å². The lowest BCUT2D eigenvalue weighted by atomic mass is 9.98. The fourth-order valence-electron chi connectivity index (χ4n) is 2.66. The summed E-state index contributed by atoms with van der Waals surface area (Å²) in [5, 5.41) is 2.14. The highest BCUT2D eigenvalue weighted by molar-refractivity contribution is 7.80. The van der Waals surface area contributed by atoms with Crippen LogP contribution in [0.2, 0.25) is 0 Å². The van der Waals surface area contributed by atoms with Crippen molar-refractivity contribution in [3.8, 4) is 0 Å². The number of nitrogens with two attached hydrogens (primary N) is 1. The third-order valence-corrected chi connectivity index (χ3v) is 5.11. The Hall–Kier alpha value is -1.23. The molecule has 0 amide bonds. The molecule has 0 spiro atoms. The average Bonchev–Trinajstić information content (AvgIpc) is 3.21. The standard InChI is InChI=1S/C17H20N2S2/c18-17(20)16(13-5-2-1-3-6-13)12-19(14-8-9-14)11-15-7-4-10-21-15/h1-7,10,14,16H,8-9,11-12H2,(H2,18,20). The highest BCUT2D eigenvalue weighted by Crippen LogP contribution is 2.31. The first-order valence-corrected chi connectivity index (χ1v) is 8.63. The van der Waals surface area contributed by atoms with Crippen LogP contribution in [0.4, 0.5) is 0 Å². The molecule has 2 aromatic rings. The van der Waals surface area contributed by atoms with Gasteiger partial charge in [-0.3, -0.25) is 4.90 Å². The minimum Gasteiger partial charge on any atom is -0.393 e. The van der Waals surface area contributed by atoms with Crippen LogP contribution in [0, 0.1) is 0 Å². The van der Waals surface area contributed by atoms with Crippen molar-refractivity contribution >= 4 is 28.5 Å². The summed E-state index contributed by atoms with van der Waals surface area (Å²) in [6.45, 7) is 1.93. The van der Waals surface area contributed by atoms with Crippen molar-refractivity contribution in [2.75, 3.05) is 6.54 Å². The molecular weight excluding hydrogens is 296 g/mol. The Balaban J connectivity index is 1.75. The monoisotopic (exact) mass is 316 g/mol. The van der Waals surface area contributed by atoms with Crippen LogP contribution < -0.4 is 5.73 Å². The van der Waals surface area contributed by atoms with Gasteiger partial charge in [0.05, 0.1) is 4.99 Å². The van der Waals surface area contributed by atoms with Crippen molar-refractivity contribution in [3.63, 3.8) is 0 Å². The normalized spacial score (nSPS) is 16.0. The predicted molar refractivity (Wildman–Crippen MR) is 93.7 cm³/mol. The average molecular weight is 316 g/mol. The largest absolute Gasteiger partial charge is 0.393 e. The van der Waals surface area contributed by atoms with Gasteiger partial charge in [-0.05, 0) is 29.9 Å². The van der Waals surface area contributed by atoms with Crippen molar-refractivity contribution in [2.24, 2.45) is 5.73 Å². The molecule has 1 fully saturated rings. The fourth-order valence-corrected chi connectivity index (χ4v) is 3.60. The molecule has 1 aromatic carbocycles. The lowest BCUT2D eigenvalue weighted by Crippen LogP contribution is -2.35. The van der Waals surface area contributed by atoms with Crippen LogP contribution in [0.1, 0.15) is 29.2 Å². The van der Waals surface area contributed by atoms with E-state index in [0.717, 1.165) is 13.1 Å². The summed E-state index contributed by atoms with van der Waals surface area (Å²) in [5.41, 5.74) is 7.24. The van der Waals surface area contributed by atoms with Gasteiger partial charge in [-0.1, -0.05) is 48.6 Å². The molecule has 1 aliphatic carbocycles. The van der Waals surface area contributed by atoms with E-state index in [4.69, 9.17) is 18.0 Å². The second kappa shape index (κ2) is 6.69. The molecule has 2 N–H and O–H groups in total. The summed E-state index contributed by atoms with van der Waals surface area (Å²) in [4.78, 5) is 4.55. The molecule has 0 radical (unpaired) electrons. The maximum Gasteiger partial charge on any atom is 0.0816 e. The minimum absolute atomic E-state index is 0.141. The molecule has 110 valence electrons. The SMILES string of the molecule is NC(=S)C(CN(Cc1cccs1)C1CC1)c1ccccc1. The van der Waals surface area contributed by atoms with E-state index in [0.29, 0.717) is 11.0 Å². The second-order valence-corrected chi connectivity index (χ2v) is 7.11. The third kappa shape index (κ3) is 3.90. The minimum atomic E-state index is 0.141. The Bertz CT molecular complexity index is 576. The number of hydrogen-bond donors (Lipinski definition) is 1. The molecule has 21 heavy (non-hydrogen) atoms. The van der Waals surface area contributed by atoms with Crippen LogP contribution in [0.5, 0.6) is 0 Å². The molecule has 4 heteroatoms. The number of thiocarbonyl (C=S) groups is 1. The molecular formula is C17H20N2S2. The van der Waals surface area contributed by atoms with E-state index >= 15 is 0 Å². The van der Waals surface area contributed by atoms with Crippen LogP contribution in [0.3, 0.4) is 0 Å². The molecule has 1 aromatic heterocycles. The van der Waals surface area contributed by atoms with E-state index in [2.05, 4.69) is 46.7 Å². The number of nitrogens with zero attached hydrogens (tertiary/aromatic N) is 1. The molecule has 2 nitrogen and oxygen atoms in total. The smallest absolute Gasteiger partial charge is 0.0816 e. The van der Waals surface area contributed by atoms with Gasteiger partial charge >= 0.3 is 0 Å². The van der Waals surface area contributed by atoms with Gasteiger partial charge in [-0.2, -0.15) is 0 Å². The summed E-state index contributed by atoms with van der Waals surface area (Å²) in [5.74, 6) is 0.141. The van der Waals surface area contributed by atoms with Crippen molar-refractivity contribution in [2.45, 2.75) is 31.3 Å². The topological polar surface area (TPSA) is 29.3 Å². The van der Waals surface area contributed by atoms with Gasteiger partial charge < -0.3 is 5.73 Å². The molecule has 1 heterocycles. The highest BCUT2D eigenvalue weighted by atomic mass is 32.1. The molecule has 3 rings (SSSR count). The predicted octanol–water partition coefficient (Wildman–Crippen LogP) is 3.78. The van der Waals surface area contributed by atoms with E-state index in [1.165, 1.54) is 23.3 Å². The summed E-state index contributed by atoms with van der Waals surface area (Å²) in [6.07, 6.45) is 2.59. The molecule has 1 saturated carbocycles. The number of benzene rings is 1. The van der Waals surface area contributed by atoms with Crippen LogP contribution in [-0.2, 0) is 6.54 Å². The summed E-state index contributed by atoms with van der Waals surface area (Å²) >= 11 is 7.15. The van der Waals surface area contributed by atoms with E-state index in [-0.39, 0.29) is 5.92 Å². The molecule has 0 aliphatic heterocycles. The Morgan fingerprint density at radius 1 is 1.24 bits per heavy atom. The first-order chi connectivity index (χ1) is 10.2. The zero-order valence-corrected chi connectivity index (χ0v) is 13.6. The quantitative estimate of drug-likeness (QED) is 0.788. The van der Waals surface area contributed by atoms with E-state index < -0.39 is 0 Å². The summed E-state index contributed by atoms with van der Waals surface area (Å²) in [7, 11) is 0. The maximum absolute atomic E-state index is 6.02. The highest BCUT2D eigenvalue weighted by Gasteiger charge is 2.31. The van der Waals surface area contributed by atoms with Gasteiger partial charge in [-0.25, -0.2) is 0 Å². The van der Waals surface area contributed by atoms with E-state index in [1.54, 1.807) is 0 Å². The molecule has 0 saturated heterocycles. The fraction of sp³-hybridized carbons (Fsp3) is 0.353. The van der Waals surface area contributed by atoms with Crippen molar-refractivity contribution < 1.29 is 0 Å². The van der Waals surface area contributed by atoms with Gasteiger partial charge in [0.25, 0.3) is 0 Å². The first kappa shape index (κ1) is 14.7. The molecule has 1 atom stereocenters.